The Morgan fingerprint density at radius 3 is 3.00 bits per heavy atom. The maximum Gasteiger partial charge on any atom is 0.256 e. The molecule has 0 bridgehead atoms. The van der Waals surface area contributed by atoms with Gasteiger partial charge in [0.1, 0.15) is 17.7 Å². The molecule has 20 heavy (non-hydrogen) atoms. The third-order valence-corrected chi connectivity index (χ3v) is 3.39. The predicted molar refractivity (Wildman–Crippen MR) is 73.3 cm³/mol. The molecule has 6 heteroatoms. The van der Waals surface area contributed by atoms with Crippen molar-refractivity contribution in [3.8, 4) is 6.07 Å². The lowest BCUT2D eigenvalue weighted by Gasteiger charge is -2.28. The monoisotopic (exact) mass is 267 g/mol. The van der Waals surface area contributed by atoms with E-state index in [0.717, 1.165) is 24.5 Å². The summed E-state index contributed by atoms with van der Waals surface area (Å²) in [5.41, 5.74) is 2.02. The number of rotatable bonds is 1. The minimum atomic E-state index is -0.0779. The second kappa shape index (κ2) is 4.78. The topological polar surface area (TPSA) is 85.7 Å². The minimum Gasteiger partial charge on any atom is -0.352 e. The molecule has 1 aliphatic rings. The molecule has 0 saturated heterocycles. The quantitative estimate of drug-likeness (QED) is 0.830. The highest BCUT2D eigenvalue weighted by atomic mass is 16.1. The molecule has 0 fully saturated rings. The van der Waals surface area contributed by atoms with E-state index in [1.54, 1.807) is 25.3 Å². The van der Waals surface area contributed by atoms with Crippen LogP contribution in [0.25, 0.3) is 0 Å². The van der Waals surface area contributed by atoms with E-state index >= 15 is 0 Å². The van der Waals surface area contributed by atoms with Crippen LogP contribution in [0, 0.1) is 18.3 Å². The molecule has 0 spiro atoms. The molecule has 0 amide bonds. The van der Waals surface area contributed by atoms with E-state index in [0.29, 0.717) is 23.5 Å². The van der Waals surface area contributed by atoms with Crippen LogP contribution in [-0.2, 0) is 13.0 Å². The molecule has 0 aliphatic carbocycles. The Bertz CT molecular complexity index is 742. The number of aromatic nitrogens is 3. The van der Waals surface area contributed by atoms with E-state index in [9.17, 15) is 4.79 Å². The number of nitrogens with zero attached hydrogens (tertiary/aromatic N) is 4. The zero-order chi connectivity index (χ0) is 14.1. The maximum atomic E-state index is 12.0. The molecule has 6 nitrogen and oxygen atoms in total. The Morgan fingerprint density at radius 2 is 2.30 bits per heavy atom. The summed E-state index contributed by atoms with van der Waals surface area (Å²) in [4.78, 5) is 25.4. The number of hydrogen-bond acceptors (Lipinski definition) is 5. The third-order valence-electron chi connectivity index (χ3n) is 3.39. The van der Waals surface area contributed by atoms with Gasteiger partial charge in [-0.2, -0.15) is 5.26 Å². The number of aromatic amines is 1. The van der Waals surface area contributed by atoms with Crippen LogP contribution < -0.4 is 10.5 Å². The summed E-state index contributed by atoms with van der Waals surface area (Å²) < 4.78 is 0. The molecule has 1 N–H and O–H groups in total. The first-order valence-electron chi connectivity index (χ1n) is 6.37. The fraction of sp³-hybridized carbons (Fsp3) is 0.286. The van der Waals surface area contributed by atoms with Gasteiger partial charge < -0.3 is 9.88 Å². The first kappa shape index (κ1) is 12.4. The molecule has 1 aliphatic heterocycles. The largest absolute Gasteiger partial charge is 0.352 e. The van der Waals surface area contributed by atoms with Crippen molar-refractivity contribution in [1.82, 2.24) is 15.0 Å². The molecular weight excluding hydrogens is 254 g/mol. The standard InChI is InChI=1S/C14H13N5O/c1-9-17-12-4-5-19(8-11(12)14(20)18-9)13-3-2-10(6-15)7-16-13/h2-3,7H,4-5,8H2,1H3,(H,17,18,20). The fourth-order valence-electron chi connectivity index (χ4n) is 2.38. The van der Waals surface area contributed by atoms with Crippen molar-refractivity contribution in [3.05, 3.63) is 51.3 Å². The van der Waals surface area contributed by atoms with Gasteiger partial charge in [0.05, 0.1) is 23.4 Å². The summed E-state index contributed by atoms with van der Waals surface area (Å²) >= 11 is 0. The Kier molecular flexibility index (Phi) is 2.95. The molecule has 3 heterocycles. The summed E-state index contributed by atoms with van der Waals surface area (Å²) in [6.07, 6.45) is 2.27. The fourth-order valence-corrected chi connectivity index (χ4v) is 2.38. The lowest BCUT2D eigenvalue weighted by molar-refractivity contribution is 0.684. The van der Waals surface area contributed by atoms with Crippen LogP contribution in [0.4, 0.5) is 5.82 Å². The molecule has 100 valence electrons. The molecule has 0 unspecified atom stereocenters. The van der Waals surface area contributed by atoms with Crippen LogP contribution in [0.3, 0.4) is 0 Å². The third kappa shape index (κ3) is 2.14. The van der Waals surface area contributed by atoms with Crippen molar-refractivity contribution in [2.45, 2.75) is 19.9 Å². The molecule has 0 atom stereocenters. The summed E-state index contributed by atoms with van der Waals surface area (Å²) in [5.74, 6) is 1.42. The average Bonchev–Trinajstić information content (AvgIpc) is 2.47. The van der Waals surface area contributed by atoms with Crippen molar-refractivity contribution in [2.75, 3.05) is 11.4 Å². The highest BCUT2D eigenvalue weighted by Crippen LogP contribution is 2.19. The van der Waals surface area contributed by atoms with Gasteiger partial charge in [0.25, 0.3) is 5.56 Å². The molecule has 0 radical (unpaired) electrons. The number of pyridine rings is 1. The van der Waals surface area contributed by atoms with Crippen molar-refractivity contribution >= 4 is 5.82 Å². The van der Waals surface area contributed by atoms with Gasteiger partial charge in [0, 0.05) is 19.2 Å². The van der Waals surface area contributed by atoms with E-state index in [-0.39, 0.29) is 5.56 Å². The van der Waals surface area contributed by atoms with Crippen molar-refractivity contribution in [2.24, 2.45) is 0 Å². The Morgan fingerprint density at radius 1 is 1.45 bits per heavy atom. The second-order valence-electron chi connectivity index (χ2n) is 4.77. The number of nitriles is 1. The van der Waals surface area contributed by atoms with Gasteiger partial charge in [0.15, 0.2) is 0 Å². The minimum absolute atomic E-state index is 0.0779. The van der Waals surface area contributed by atoms with Crippen LogP contribution >= 0.6 is 0 Å². The van der Waals surface area contributed by atoms with Crippen LogP contribution in [-0.4, -0.2) is 21.5 Å². The van der Waals surface area contributed by atoms with Crippen molar-refractivity contribution in [1.29, 1.82) is 5.26 Å². The number of aryl methyl sites for hydroxylation is 1. The molecule has 0 aromatic carbocycles. The second-order valence-corrected chi connectivity index (χ2v) is 4.77. The number of H-pyrrole nitrogens is 1. The summed E-state index contributed by atoms with van der Waals surface area (Å²) in [6, 6.07) is 5.58. The van der Waals surface area contributed by atoms with Gasteiger partial charge in [-0.05, 0) is 19.1 Å². The number of nitrogens with one attached hydrogen (secondary N) is 1. The van der Waals surface area contributed by atoms with Crippen LogP contribution in [0.2, 0.25) is 0 Å². The number of anilines is 1. The number of hydrogen-bond donors (Lipinski definition) is 1. The maximum absolute atomic E-state index is 12.0. The van der Waals surface area contributed by atoms with Gasteiger partial charge in [-0.1, -0.05) is 0 Å². The molecule has 2 aromatic heterocycles. The van der Waals surface area contributed by atoms with Crippen LogP contribution in [0.15, 0.2) is 23.1 Å². The highest BCUT2D eigenvalue weighted by molar-refractivity contribution is 5.44. The number of fused-ring (bicyclic) bond motifs is 1. The molecule has 0 saturated carbocycles. The lowest BCUT2D eigenvalue weighted by Crippen LogP contribution is -2.36. The van der Waals surface area contributed by atoms with Gasteiger partial charge in [0.2, 0.25) is 0 Å². The summed E-state index contributed by atoms with van der Waals surface area (Å²) in [7, 11) is 0. The first-order valence-corrected chi connectivity index (χ1v) is 6.37. The van der Waals surface area contributed by atoms with Gasteiger partial charge in [-0.15, -0.1) is 0 Å². The van der Waals surface area contributed by atoms with Crippen molar-refractivity contribution in [3.63, 3.8) is 0 Å². The summed E-state index contributed by atoms with van der Waals surface area (Å²) in [5, 5.41) is 8.77. The van der Waals surface area contributed by atoms with Gasteiger partial charge in [-0.3, -0.25) is 4.79 Å². The van der Waals surface area contributed by atoms with E-state index in [2.05, 4.69) is 15.0 Å². The van der Waals surface area contributed by atoms with E-state index < -0.39 is 0 Å². The van der Waals surface area contributed by atoms with Gasteiger partial charge >= 0.3 is 0 Å². The Hall–Kier alpha value is -2.68. The normalized spacial score (nSPS) is 13.7. The molecule has 2 aromatic rings. The Labute approximate surface area is 115 Å². The Balaban J connectivity index is 1.92. The van der Waals surface area contributed by atoms with Crippen LogP contribution in [0.1, 0.15) is 22.6 Å². The van der Waals surface area contributed by atoms with Gasteiger partial charge in [-0.25, -0.2) is 9.97 Å². The van der Waals surface area contributed by atoms with Crippen molar-refractivity contribution < 1.29 is 0 Å². The van der Waals surface area contributed by atoms with E-state index in [4.69, 9.17) is 5.26 Å². The zero-order valence-corrected chi connectivity index (χ0v) is 11.1. The summed E-state index contributed by atoms with van der Waals surface area (Å²) in [6.45, 7) is 3.05. The highest BCUT2D eigenvalue weighted by Gasteiger charge is 2.21. The van der Waals surface area contributed by atoms with E-state index in [1.807, 2.05) is 11.0 Å². The predicted octanol–water partition coefficient (Wildman–Crippen LogP) is 0.908. The zero-order valence-electron chi connectivity index (χ0n) is 11.1. The SMILES string of the molecule is Cc1nc2c(c(=O)[nH]1)CN(c1ccc(C#N)cn1)CC2. The molecular formula is C14H13N5O. The van der Waals surface area contributed by atoms with E-state index in [1.165, 1.54) is 0 Å². The van der Waals surface area contributed by atoms with Crippen LogP contribution in [0.5, 0.6) is 0 Å². The first-order chi connectivity index (χ1) is 9.67. The molecule has 3 rings (SSSR count). The lowest BCUT2D eigenvalue weighted by atomic mass is 10.1. The smallest absolute Gasteiger partial charge is 0.256 e. The average molecular weight is 267 g/mol.